The molecule has 128 valence electrons. The Hall–Kier alpha value is -3.58. The fourth-order valence-electron chi connectivity index (χ4n) is 3.73. The van der Waals surface area contributed by atoms with Crippen molar-refractivity contribution in [2.24, 2.45) is 0 Å². The zero-order valence-corrected chi connectivity index (χ0v) is 14.9. The van der Waals surface area contributed by atoms with Crippen LogP contribution in [0.5, 0.6) is 0 Å². The molecular formula is C26H19N. The summed E-state index contributed by atoms with van der Waals surface area (Å²) in [6.07, 6.45) is 4.49. The summed E-state index contributed by atoms with van der Waals surface area (Å²) in [4.78, 5) is 0. The molecule has 0 aliphatic heterocycles. The first-order valence-corrected chi connectivity index (χ1v) is 9.21. The van der Waals surface area contributed by atoms with Gasteiger partial charge in [0.05, 0.1) is 0 Å². The second-order valence-electron chi connectivity index (χ2n) is 6.72. The Kier molecular flexibility index (Phi) is 3.84. The summed E-state index contributed by atoms with van der Waals surface area (Å²) in [6, 6.07) is 36.2. The maximum atomic E-state index is 2.25. The number of nitrogens with zero attached hydrogens (tertiary/aromatic N) is 1. The van der Waals surface area contributed by atoms with Gasteiger partial charge in [-0.1, -0.05) is 91.0 Å². The summed E-state index contributed by atoms with van der Waals surface area (Å²) < 4.78 is 2.22. The normalized spacial score (nSPS) is 11.0. The van der Waals surface area contributed by atoms with Gasteiger partial charge in [0.1, 0.15) is 0 Å². The van der Waals surface area contributed by atoms with Gasteiger partial charge in [-0.2, -0.15) is 0 Å². The molecule has 0 spiro atoms. The molecule has 0 aliphatic carbocycles. The monoisotopic (exact) mass is 345 g/mol. The fourth-order valence-corrected chi connectivity index (χ4v) is 3.73. The van der Waals surface area contributed by atoms with Gasteiger partial charge < -0.3 is 4.57 Å². The van der Waals surface area contributed by atoms with Gasteiger partial charge in [0.2, 0.25) is 0 Å². The molecule has 0 unspecified atom stereocenters. The lowest BCUT2D eigenvalue weighted by molar-refractivity contribution is 1.08. The van der Waals surface area contributed by atoms with Gasteiger partial charge in [0.25, 0.3) is 0 Å². The summed E-state index contributed by atoms with van der Waals surface area (Å²) in [6.45, 7) is 0. The highest BCUT2D eigenvalue weighted by Crippen LogP contribution is 2.37. The molecule has 0 saturated carbocycles. The van der Waals surface area contributed by atoms with E-state index in [4.69, 9.17) is 0 Å². The standard InChI is InChI=1S/C26H19N/c1-3-10-21(11-4-1)25-18-27(22-14-5-2-6-15-22)19-26(25)24-17-9-13-20-12-7-8-16-23(20)24/h1-19H. The van der Waals surface area contributed by atoms with E-state index in [0.29, 0.717) is 0 Å². The molecule has 0 aliphatic rings. The van der Waals surface area contributed by atoms with Crippen LogP contribution in [-0.2, 0) is 0 Å². The Morgan fingerprint density at radius 2 is 1.07 bits per heavy atom. The predicted octanol–water partition coefficient (Wildman–Crippen LogP) is 6.96. The average molecular weight is 345 g/mol. The number of aromatic nitrogens is 1. The summed E-state index contributed by atoms with van der Waals surface area (Å²) in [7, 11) is 0. The molecule has 0 amide bonds. The van der Waals surface area contributed by atoms with E-state index < -0.39 is 0 Å². The van der Waals surface area contributed by atoms with E-state index in [0.717, 1.165) is 0 Å². The molecular weight excluding hydrogens is 326 g/mol. The van der Waals surface area contributed by atoms with Crippen molar-refractivity contribution in [1.29, 1.82) is 0 Å². The molecule has 5 aromatic rings. The van der Waals surface area contributed by atoms with Crippen molar-refractivity contribution in [1.82, 2.24) is 4.57 Å². The second kappa shape index (κ2) is 6.62. The van der Waals surface area contributed by atoms with Crippen LogP contribution in [0.2, 0.25) is 0 Å². The van der Waals surface area contributed by atoms with Crippen LogP contribution in [0.4, 0.5) is 0 Å². The van der Waals surface area contributed by atoms with Gasteiger partial charge >= 0.3 is 0 Å². The Morgan fingerprint density at radius 3 is 1.89 bits per heavy atom. The minimum atomic E-state index is 1.17. The van der Waals surface area contributed by atoms with Crippen LogP contribution in [-0.4, -0.2) is 4.57 Å². The molecule has 0 radical (unpaired) electrons. The van der Waals surface area contributed by atoms with Gasteiger partial charge in [-0.05, 0) is 34.0 Å². The van der Waals surface area contributed by atoms with Crippen molar-refractivity contribution in [3.63, 3.8) is 0 Å². The topological polar surface area (TPSA) is 4.93 Å². The van der Waals surface area contributed by atoms with E-state index in [-0.39, 0.29) is 0 Å². The average Bonchev–Trinajstić information content (AvgIpc) is 3.20. The summed E-state index contributed by atoms with van der Waals surface area (Å²) in [5.74, 6) is 0. The first-order chi connectivity index (χ1) is 13.4. The Labute approximate surface area is 159 Å². The lowest BCUT2D eigenvalue weighted by Crippen LogP contribution is -1.88. The number of rotatable bonds is 3. The van der Waals surface area contributed by atoms with Gasteiger partial charge in [-0.15, -0.1) is 0 Å². The smallest absolute Gasteiger partial charge is 0.0449 e. The number of hydrogen-bond donors (Lipinski definition) is 0. The van der Waals surface area contributed by atoms with Crippen LogP contribution >= 0.6 is 0 Å². The number of hydrogen-bond acceptors (Lipinski definition) is 0. The Balaban J connectivity index is 1.79. The van der Waals surface area contributed by atoms with Crippen LogP contribution in [0.15, 0.2) is 116 Å². The number of para-hydroxylation sites is 1. The molecule has 4 aromatic carbocycles. The highest BCUT2D eigenvalue weighted by atomic mass is 14.9. The second-order valence-corrected chi connectivity index (χ2v) is 6.72. The first-order valence-electron chi connectivity index (χ1n) is 9.21. The molecule has 1 heterocycles. The third-order valence-corrected chi connectivity index (χ3v) is 5.05. The lowest BCUT2D eigenvalue weighted by Gasteiger charge is -2.08. The SMILES string of the molecule is c1ccc(-c2cn(-c3ccccc3)cc2-c2cccc3ccccc23)cc1. The van der Waals surface area contributed by atoms with Crippen molar-refractivity contribution in [2.75, 3.05) is 0 Å². The van der Waals surface area contributed by atoms with Crippen molar-refractivity contribution in [3.05, 3.63) is 116 Å². The van der Waals surface area contributed by atoms with Gasteiger partial charge in [0.15, 0.2) is 0 Å². The van der Waals surface area contributed by atoms with Crippen LogP contribution < -0.4 is 0 Å². The molecule has 0 fully saturated rings. The van der Waals surface area contributed by atoms with Gasteiger partial charge in [0, 0.05) is 29.2 Å². The van der Waals surface area contributed by atoms with Crippen molar-refractivity contribution >= 4 is 10.8 Å². The molecule has 5 rings (SSSR count). The zero-order valence-electron chi connectivity index (χ0n) is 14.9. The highest BCUT2D eigenvalue weighted by Gasteiger charge is 2.14. The summed E-state index contributed by atoms with van der Waals surface area (Å²) in [5.41, 5.74) is 6.16. The van der Waals surface area contributed by atoms with E-state index in [9.17, 15) is 0 Å². The Morgan fingerprint density at radius 1 is 0.444 bits per heavy atom. The van der Waals surface area contributed by atoms with E-state index in [1.807, 2.05) is 0 Å². The van der Waals surface area contributed by atoms with Crippen molar-refractivity contribution in [3.8, 4) is 27.9 Å². The Bertz CT molecular complexity index is 1200. The van der Waals surface area contributed by atoms with Crippen LogP contribution in [0.1, 0.15) is 0 Å². The summed E-state index contributed by atoms with van der Waals surface area (Å²) in [5, 5.41) is 2.55. The molecule has 0 saturated heterocycles. The molecule has 27 heavy (non-hydrogen) atoms. The predicted molar refractivity (Wildman–Crippen MR) is 114 cm³/mol. The zero-order chi connectivity index (χ0) is 18.1. The van der Waals surface area contributed by atoms with E-state index in [1.54, 1.807) is 0 Å². The van der Waals surface area contributed by atoms with E-state index in [2.05, 4.69) is 120 Å². The third-order valence-electron chi connectivity index (χ3n) is 5.05. The highest BCUT2D eigenvalue weighted by molar-refractivity contribution is 6.00. The molecule has 0 N–H and O–H groups in total. The number of benzene rings is 4. The van der Waals surface area contributed by atoms with E-state index >= 15 is 0 Å². The van der Waals surface area contributed by atoms with E-state index in [1.165, 1.54) is 38.7 Å². The maximum absolute atomic E-state index is 2.25. The molecule has 1 heteroatoms. The largest absolute Gasteiger partial charge is 0.323 e. The van der Waals surface area contributed by atoms with Gasteiger partial charge in [-0.25, -0.2) is 0 Å². The third kappa shape index (κ3) is 2.84. The molecule has 1 aromatic heterocycles. The first kappa shape index (κ1) is 15.7. The molecule has 0 bridgehead atoms. The molecule has 1 nitrogen and oxygen atoms in total. The van der Waals surface area contributed by atoms with Crippen LogP contribution in [0, 0.1) is 0 Å². The minimum Gasteiger partial charge on any atom is -0.323 e. The van der Waals surface area contributed by atoms with Crippen molar-refractivity contribution < 1.29 is 0 Å². The fraction of sp³-hybridized carbons (Fsp3) is 0. The number of fused-ring (bicyclic) bond motifs is 1. The minimum absolute atomic E-state index is 1.17. The summed E-state index contributed by atoms with van der Waals surface area (Å²) >= 11 is 0. The van der Waals surface area contributed by atoms with Crippen molar-refractivity contribution in [2.45, 2.75) is 0 Å². The van der Waals surface area contributed by atoms with Crippen LogP contribution in [0.25, 0.3) is 38.7 Å². The van der Waals surface area contributed by atoms with Crippen LogP contribution in [0.3, 0.4) is 0 Å². The maximum Gasteiger partial charge on any atom is 0.0449 e. The lowest BCUT2D eigenvalue weighted by atomic mass is 9.95. The van der Waals surface area contributed by atoms with Gasteiger partial charge in [-0.3, -0.25) is 0 Å². The molecule has 0 atom stereocenters. The quantitative estimate of drug-likeness (QED) is 0.333.